The maximum atomic E-state index is 12.3. The van der Waals surface area contributed by atoms with E-state index in [4.69, 9.17) is 9.26 Å². The molecule has 0 atom stereocenters. The van der Waals surface area contributed by atoms with Crippen molar-refractivity contribution < 1.29 is 14.1 Å². The van der Waals surface area contributed by atoms with Gasteiger partial charge in [-0.3, -0.25) is 4.79 Å². The van der Waals surface area contributed by atoms with Crippen molar-refractivity contribution >= 4 is 21.8 Å². The highest BCUT2D eigenvalue weighted by molar-refractivity contribution is 9.10. The normalized spacial score (nSPS) is 10.5. The zero-order valence-corrected chi connectivity index (χ0v) is 15.5. The van der Waals surface area contributed by atoms with Crippen LogP contribution in [0.5, 0.6) is 5.75 Å². The van der Waals surface area contributed by atoms with E-state index in [-0.39, 0.29) is 11.6 Å². The molecular formula is C19H17BrN2O3. The number of rotatable bonds is 5. The summed E-state index contributed by atoms with van der Waals surface area (Å²) >= 11 is 3.43. The van der Waals surface area contributed by atoms with Gasteiger partial charge in [-0.2, -0.15) is 0 Å². The maximum absolute atomic E-state index is 12.3. The molecule has 25 heavy (non-hydrogen) atoms. The topological polar surface area (TPSA) is 64.4 Å². The lowest BCUT2D eigenvalue weighted by Crippen LogP contribution is -2.23. The summed E-state index contributed by atoms with van der Waals surface area (Å²) in [6, 6.07) is 15.1. The number of aryl methyl sites for hydroxylation is 1. The van der Waals surface area contributed by atoms with E-state index in [1.807, 2.05) is 49.4 Å². The second-order valence-electron chi connectivity index (χ2n) is 5.51. The lowest BCUT2D eigenvalue weighted by atomic mass is 10.1. The minimum atomic E-state index is -0.300. The van der Waals surface area contributed by atoms with E-state index in [0.717, 1.165) is 21.2 Å². The first-order valence-electron chi connectivity index (χ1n) is 7.72. The Bertz CT molecular complexity index is 905. The highest BCUT2D eigenvalue weighted by Crippen LogP contribution is 2.28. The molecule has 0 aliphatic rings. The molecule has 6 heteroatoms. The van der Waals surface area contributed by atoms with Gasteiger partial charge in [-0.05, 0) is 34.5 Å². The third kappa shape index (κ3) is 3.74. The van der Waals surface area contributed by atoms with Crippen LogP contribution in [0.25, 0.3) is 11.3 Å². The number of amides is 1. The van der Waals surface area contributed by atoms with Crippen molar-refractivity contribution in [1.82, 2.24) is 10.5 Å². The molecule has 5 nitrogen and oxygen atoms in total. The molecule has 0 aliphatic carbocycles. The van der Waals surface area contributed by atoms with Gasteiger partial charge in [-0.1, -0.05) is 41.6 Å². The molecule has 0 saturated heterocycles. The number of ether oxygens (including phenoxy) is 1. The Balaban J connectivity index is 1.73. The number of hydrogen-bond acceptors (Lipinski definition) is 4. The van der Waals surface area contributed by atoms with E-state index in [1.54, 1.807) is 13.2 Å². The number of para-hydroxylation sites is 1. The summed E-state index contributed by atoms with van der Waals surface area (Å²) in [6.07, 6.45) is 0. The number of methoxy groups -OCH3 is 1. The summed E-state index contributed by atoms with van der Waals surface area (Å²) in [7, 11) is 1.59. The van der Waals surface area contributed by atoms with Gasteiger partial charge < -0.3 is 14.6 Å². The van der Waals surface area contributed by atoms with Crippen LogP contribution in [0.1, 0.15) is 21.6 Å². The fourth-order valence-corrected chi connectivity index (χ4v) is 3.12. The number of benzene rings is 2. The number of nitrogens with zero attached hydrogens (tertiary/aromatic N) is 1. The SMILES string of the molecule is COc1c(Br)cccc1CNC(=O)c1cc(-c2ccccc2C)on1. The standard InChI is InChI=1S/C19H17BrN2O3/c1-12-6-3-4-8-14(12)17-10-16(22-25-17)19(23)21-11-13-7-5-9-15(20)18(13)24-2/h3-10H,11H2,1-2H3,(H,21,23). The van der Waals surface area contributed by atoms with Gasteiger partial charge in [-0.15, -0.1) is 0 Å². The molecule has 1 aromatic heterocycles. The van der Waals surface area contributed by atoms with Crippen LogP contribution >= 0.6 is 15.9 Å². The van der Waals surface area contributed by atoms with E-state index in [1.165, 1.54) is 0 Å². The van der Waals surface area contributed by atoms with Crippen LogP contribution in [-0.2, 0) is 6.54 Å². The van der Waals surface area contributed by atoms with Gasteiger partial charge in [0.05, 0.1) is 11.6 Å². The molecule has 1 N–H and O–H groups in total. The van der Waals surface area contributed by atoms with Gasteiger partial charge in [-0.25, -0.2) is 0 Å². The van der Waals surface area contributed by atoms with E-state index in [0.29, 0.717) is 18.1 Å². The summed E-state index contributed by atoms with van der Waals surface area (Å²) in [4.78, 5) is 12.3. The third-order valence-corrected chi connectivity index (χ3v) is 4.47. The summed E-state index contributed by atoms with van der Waals surface area (Å²) in [5, 5.41) is 6.71. The average molecular weight is 401 g/mol. The fourth-order valence-electron chi connectivity index (χ4n) is 2.55. The highest BCUT2D eigenvalue weighted by Gasteiger charge is 2.15. The molecule has 1 heterocycles. The fraction of sp³-hybridized carbons (Fsp3) is 0.158. The number of halogens is 1. The van der Waals surface area contributed by atoms with Gasteiger partial charge in [0.25, 0.3) is 5.91 Å². The summed E-state index contributed by atoms with van der Waals surface area (Å²) < 4.78 is 11.5. The smallest absolute Gasteiger partial charge is 0.273 e. The Kier molecular flexibility index (Phi) is 5.19. The Labute approximate surface area is 154 Å². The number of carbonyl (C=O) groups is 1. The number of aromatic nitrogens is 1. The van der Waals surface area contributed by atoms with E-state index in [2.05, 4.69) is 26.4 Å². The Morgan fingerprint density at radius 1 is 1.24 bits per heavy atom. The Morgan fingerprint density at radius 2 is 2.04 bits per heavy atom. The molecule has 0 bridgehead atoms. The molecule has 0 fully saturated rings. The van der Waals surface area contributed by atoms with Crippen molar-refractivity contribution in [2.45, 2.75) is 13.5 Å². The molecule has 3 aromatic rings. The first-order chi connectivity index (χ1) is 12.1. The van der Waals surface area contributed by atoms with Crippen LogP contribution in [0, 0.1) is 6.92 Å². The van der Waals surface area contributed by atoms with E-state index in [9.17, 15) is 4.79 Å². The molecule has 3 rings (SSSR count). The monoisotopic (exact) mass is 400 g/mol. The molecule has 0 radical (unpaired) electrons. The van der Waals surface area contributed by atoms with Gasteiger partial charge in [0, 0.05) is 23.7 Å². The largest absolute Gasteiger partial charge is 0.495 e. The van der Waals surface area contributed by atoms with Crippen LogP contribution in [-0.4, -0.2) is 18.2 Å². The van der Waals surface area contributed by atoms with Crippen LogP contribution in [0.2, 0.25) is 0 Å². The molecule has 0 aliphatic heterocycles. The second-order valence-corrected chi connectivity index (χ2v) is 6.36. The predicted molar refractivity (Wildman–Crippen MR) is 98.5 cm³/mol. The molecule has 128 valence electrons. The Hall–Kier alpha value is -2.60. The summed E-state index contributed by atoms with van der Waals surface area (Å²) in [5.41, 5.74) is 3.09. The minimum Gasteiger partial charge on any atom is -0.495 e. The zero-order chi connectivity index (χ0) is 17.8. The molecule has 1 amide bonds. The maximum Gasteiger partial charge on any atom is 0.273 e. The predicted octanol–water partition coefficient (Wildman–Crippen LogP) is 4.35. The second kappa shape index (κ2) is 7.53. The summed E-state index contributed by atoms with van der Waals surface area (Å²) in [6.45, 7) is 2.31. The van der Waals surface area contributed by atoms with Gasteiger partial charge in [0.1, 0.15) is 5.75 Å². The van der Waals surface area contributed by atoms with Gasteiger partial charge >= 0.3 is 0 Å². The van der Waals surface area contributed by atoms with Crippen LogP contribution in [0.4, 0.5) is 0 Å². The number of carbonyl (C=O) groups excluding carboxylic acids is 1. The number of hydrogen-bond donors (Lipinski definition) is 1. The average Bonchev–Trinajstić information content (AvgIpc) is 3.10. The van der Waals surface area contributed by atoms with Crippen molar-refractivity contribution in [3.8, 4) is 17.1 Å². The van der Waals surface area contributed by atoms with E-state index < -0.39 is 0 Å². The molecule has 0 unspecified atom stereocenters. The van der Waals surface area contributed by atoms with E-state index >= 15 is 0 Å². The quantitative estimate of drug-likeness (QED) is 0.691. The first-order valence-corrected chi connectivity index (χ1v) is 8.51. The van der Waals surface area contributed by atoms with Crippen LogP contribution < -0.4 is 10.1 Å². The Morgan fingerprint density at radius 3 is 2.80 bits per heavy atom. The van der Waals surface area contributed by atoms with Gasteiger partial charge in [0.2, 0.25) is 0 Å². The minimum absolute atomic E-state index is 0.243. The molecular weight excluding hydrogens is 384 g/mol. The van der Waals surface area contributed by atoms with Crippen LogP contribution in [0.3, 0.4) is 0 Å². The van der Waals surface area contributed by atoms with Crippen molar-refractivity contribution in [1.29, 1.82) is 0 Å². The molecule has 0 saturated carbocycles. The first kappa shape index (κ1) is 17.2. The lowest BCUT2D eigenvalue weighted by Gasteiger charge is -2.10. The zero-order valence-electron chi connectivity index (χ0n) is 13.9. The van der Waals surface area contributed by atoms with Crippen molar-refractivity contribution in [3.63, 3.8) is 0 Å². The highest BCUT2D eigenvalue weighted by atomic mass is 79.9. The molecule has 2 aromatic carbocycles. The summed E-state index contributed by atoms with van der Waals surface area (Å²) in [5.74, 6) is 0.970. The van der Waals surface area contributed by atoms with Crippen LogP contribution in [0.15, 0.2) is 57.5 Å². The number of nitrogens with one attached hydrogen (secondary N) is 1. The van der Waals surface area contributed by atoms with Crippen molar-refractivity contribution in [2.24, 2.45) is 0 Å². The lowest BCUT2D eigenvalue weighted by molar-refractivity contribution is 0.0941. The molecule has 0 spiro atoms. The van der Waals surface area contributed by atoms with Crippen molar-refractivity contribution in [2.75, 3.05) is 7.11 Å². The van der Waals surface area contributed by atoms with Gasteiger partial charge in [0.15, 0.2) is 11.5 Å². The van der Waals surface area contributed by atoms with Crippen molar-refractivity contribution in [3.05, 3.63) is 69.8 Å². The third-order valence-electron chi connectivity index (χ3n) is 3.85.